The Morgan fingerprint density at radius 1 is 1.07 bits per heavy atom. The van der Waals surface area contributed by atoms with Gasteiger partial charge in [0.2, 0.25) is 0 Å². The lowest BCUT2D eigenvalue weighted by Gasteiger charge is -2.22. The number of hydrogen-bond acceptors (Lipinski definition) is 3. The molecule has 1 N–H and O–H groups in total. The molecule has 1 aromatic heterocycles. The average Bonchev–Trinajstić information content (AvgIpc) is 3.34. The summed E-state index contributed by atoms with van der Waals surface area (Å²) >= 11 is 0. The molecule has 0 radical (unpaired) electrons. The van der Waals surface area contributed by atoms with Crippen LogP contribution in [0.1, 0.15) is 38.3 Å². The topological polar surface area (TPSA) is 56.4 Å². The van der Waals surface area contributed by atoms with E-state index >= 15 is 0 Å². The summed E-state index contributed by atoms with van der Waals surface area (Å²) in [6.45, 7) is 4.52. The molecule has 0 spiro atoms. The first-order chi connectivity index (χ1) is 13.1. The van der Waals surface area contributed by atoms with Crippen LogP contribution in [0.4, 0.5) is 0 Å². The first-order valence-corrected chi connectivity index (χ1v) is 9.38. The summed E-state index contributed by atoms with van der Waals surface area (Å²) in [5.41, 5.74) is 4.72. The first kappa shape index (κ1) is 16.3. The van der Waals surface area contributed by atoms with E-state index in [0.29, 0.717) is 11.1 Å². The molecule has 2 aliphatic heterocycles. The highest BCUT2D eigenvalue weighted by molar-refractivity contribution is 6.21. The molecular formula is C22H21N3O2. The molecule has 136 valence electrons. The highest BCUT2D eigenvalue weighted by atomic mass is 16.2. The Morgan fingerprint density at radius 3 is 2.56 bits per heavy atom. The van der Waals surface area contributed by atoms with Gasteiger partial charge in [-0.3, -0.25) is 19.4 Å². The summed E-state index contributed by atoms with van der Waals surface area (Å²) in [6, 6.07) is 13.5. The summed E-state index contributed by atoms with van der Waals surface area (Å²) in [5, 5.41) is 1.24. The third-order valence-corrected chi connectivity index (χ3v) is 5.76. The summed E-state index contributed by atoms with van der Waals surface area (Å²) in [5.74, 6) is -0.296. The van der Waals surface area contributed by atoms with Crippen LogP contribution < -0.4 is 0 Å². The van der Waals surface area contributed by atoms with Crippen LogP contribution in [-0.2, 0) is 6.54 Å². The summed E-state index contributed by atoms with van der Waals surface area (Å²) in [7, 11) is 0. The molecule has 1 fully saturated rings. The van der Waals surface area contributed by atoms with Crippen LogP contribution in [0, 0.1) is 6.92 Å². The fraction of sp³-hybridized carbons (Fsp3) is 0.273. The van der Waals surface area contributed by atoms with Gasteiger partial charge in [-0.25, -0.2) is 0 Å². The SMILES string of the molecule is Cc1ccc2c(CN3CC[C@@H](N4C(=O)c5ccccc5C4=O)C3)c[nH]c2c1. The van der Waals surface area contributed by atoms with Gasteiger partial charge in [-0.15, -0.1) is 0 Å². The minimum Gasteiger partial charge on any atom is -0.361 e. The quantitative estimate of drug-likeness (QED) is 0.730. The van der Waals surface area contributed by atoms with E-state index in [0.717, 1.165) is 31.6 Å². The van der Waals surface area contributed by atoms with Crippen molar-refractivity contribution in [2.45, 2.75) is 25.9 Å². The number of amides is 2. The number of benzene rings is 2. The van der Waals surface area contributed by atoms with Gasteiger partial charge < -0.3 is 4.98 Å². The maximum Gasteiger partial charge on any atom is 0.261 e. The second-order valence-corrected chi connectivity index (χ2v) is 7.57. The monoisotopic (exact) mass is 359 g/mol. The largest absolute Gasteiger partial charge is 0.361 e. The smallest absolute Gasteiger partial charge is 0.261 e. The molecule has 0 saturated carbocycles. The number of nitrogens with zero attached hydrogens (tertiary/aromatic N) is 2. The van der Waals surface area contributed by atoms with Crippen molar-refractivity contribution in [3.63, 3.8) is 0 Å². The number of hydrogen-bond donors (Lipinski definition) is 1. The van der Waals surface area contributed by atoms with Gasteiger partial charge in [-0.1, -0.05) is 24.3 Å². The molecule has 5 heteroatoms. The first-order valence-electron chi connectivity index (χ1n) is 9.38. The molecular weight excluding hydrogens is 338 g/mol. The number of likely N-dealkylation sites (tertiary alicyclic amines) is 1. The number of aromatic amines is 1. The van der Waals surface area contributed by atoms with Crippen molar-refractivity contribution in [3.05, 3.63) is 70.9 Å². The van der Waals surface area contributed by atoms with Crippen molar-refractivity contribution in [1.82, 2.24) is 14.8 Å². The van der Waals surface area contributed by atoms with Crippen LogP contribution in [0.5, 0.6) is 0 Å². The Balaban J connectivity index is 1.33. The van der Waals surface area contributed by atoms with Crippen LogP contribution in [0.25, 0.3) is 10.9 Å². The maximum absolute atomic E-state index is 12.7. The summed E-state index contributed by atoms with van der Waals surface area (Å²) < 4.78 is 0. The molecule has 0 aliphatic carbocycles. The van der Waals surface area contributed by atoms with E-state index in [1.165, 1.54) is 21.4 Å². The van der Waals surface area contributed by atoms with Gasteiger partial charge in [0, 0.05) is 36.7 Å². The van der Waals surface area contributed by atoms with Gasteiger partial charge in [-0.05, 0) is 42.7 Å². The number of aromatic nitrogens is 1. The van der Waals surface area contributed by atoms with Crippen LogP contribution >= 0.6 is 0 Å². The standard InChI is InChI=1S/C22H21N3O2/c1-14-6-7-17-15(11-23-20(17)10-14)12-24-9-8-16(13-24)25-21(26)18-4-2-3-5-19(18)22(25)27/h2-7,10-11,16,23H,8-9,12-13H2,1H3/t16-/m1/s1. The molecule has 3 heterocycles. The van der Waals surface area contributed by atoms with Crippen molar-refractivity contribution in [2.75, 3.05) is 13.1 Å². The van der Waals surface area contributed by atoms with E-state index in [-0.39, 0.29) is 17.9 Å². The highest BCUT2D eigenvalue weighted by Gasteiger charge is 2.42. The lowest BCUT2D eigenvalue weighted by atomic mass is 10.1. The van der Waals surface area contributed by atoms with Gasteiger partial charge in [0.25, 0.3) is 11.8 Å². The average molecular weight is 359 g/mol. The Bertz CT molecular complexity index is 1030. The number of nitrogens with one attached hydrogen (secondary N) is 1. The van der Waals surface area contributed by atoms with E-state index < -0.39 is 0 Å². The third kappa shape index (κ3) is 2.58. The lowest BCUT2D eigenvalue weighted by Crippen LogP contribution is -2.41. The molecule has 27 heavy (non-hydrogen) atoms. The molecule has 5 rings (SSSR count). The Hall–Kier alpha value is -2.92. The Kier molecular flexibility index (Phi) is 3.65. The van der Waals surface area contributed by atoms with Gasteiger partial charge >= 0.3 is 0 Å². The minimum atomic E-state index is -0.148. The zero-order chi connectivity index (χ0) is 18.5. The van der Waals surface area contributed by atoms with Crippen LogP contribution in [0.2, 0.25) is 0 Å². The Labute approximate surface area is 157 Å². The number of imide groups is 1. The molecule has 0 unspecified atom stereocenters. The molecule has 1 saturated heterocycles. The number of carbonyl (C=O) groups is 2. The van der Waals surface area contributed by atoms with Crippen molar-refractivity contribution < 1.29 is 9.59 Å². The zero-order valence-corrected chi connectivity index (χ0v) is 15.2. The number of fused-ring (bicyclic) bond motifs is 2. The molecule has 1 atom stereocenters. The number of H-pyrrole nitrogens is 1. The minimum absolute atomic E-state index is 0.0511. The van der Waals surface area contributed by atoms with E-state index in [4.69, 9.17) is 0 Å². The fourth-order valence-electron chi connectivity index (χ4n) is 4.38. The molecule has 2 aliphatic rings. The predicted octanol–water partition coefficient (Wildman–Crippen LogP) is 3.35. The number of carbonyl (C=O) groups excluding carboxylic acids is 2. The van der Waals surface area contributed by atoms with E-state index in [9.17, 15) is 9.59 Å². The molecule has 5 nitrogen and oxygen atoms in total. The molecule has 2 amide bonds. The summed E-state index contributed by atoms with van der Waals surface area (Å²) in [6.07, 6.45) is 2.90. The number of rotatable bonds is 3. The van der Waals surface area contributed by atoms with Crippen LogP contribution in [-0.4, -0.2) is 45.7 Å². The van der Waals surface area contributed by atoms with E-state index in [2.05, 4.69) is 41.2 Å². The molecule has 3 aromatic rings. The zero-order valence-electron chi connectivity index (χ0n) is 15.2. The fourth-order valence-corrected chi connectivity index (χ4v) is 4.38. The van der Waals surface area contributed by atoms with Gasteiger partial charge in [0.1, 0.15) is 0 Å². The van der Waals surface area contributed by atoms with E-state index in [1.54, 1.807) is 12.1 Å². The number of aryl methyl sites for hydroxylation is 1. The Morgan fingerprint density at radius 2 is 1.81 bits per heavy atom. The highest BCUT2D eigenvalue weighted by Crippen LogP contribution is 2.29. The maximum atomic E-state index is 12.7. The predicted molar refractivity (Wildman–Crippen MR) is 104 cm³/mol. The van der Waals surface area contributed by atoms with Crippen molar-refractivity contribution in [3.8, 4) is 0 Å². The van der Waals surface area contributed by atoms with E-state index in [1.807, 2.05) is 12.1 Å². The molecule has 0 bridgehead atoms. The van der Waals surface area contributed by atoms with Gasteiger partial charge in [0.15, 0.2) is 0 Å². The van der Waals surface area contributed by atoms with Gasteiger partial charge in [-0.2, -0.15) is 0 Å². The lowest BCUT2D eigenvalue weighted by molar-refractivity contribution is 0.0588. The normalized spacial score (nSPS) is 20.0. The van der Waals surface area contributed by atoms with Gasteiger partial charge in [0.05, 0.1) is 17.2 Å². The second kappa shape index (κ2) is 6.06. The summed E-state index contributed by atoms with van der Waals surface area (Å²) in [4.78, 5) is 32.6. The van der Waals surface area contributed by atoms with Crippen LogP contribution in [0.3, 0.4) is 0 Å². The third-order valence-electron chi connectivity index (χ3n) is 5.76. The van der Waals surface area contributed by atoms with Crippen molar-refractivity contribution >= 4 is 22.7 Å². The van der Waals surface area contributed by atoms with Crippen molar-refractivity contribution in [1.29, 1.82) is 0 Å². The second-order valence-electron chi connectivity index (χ2n) is 7.57. The van der Waals surface area contributed by atoms with Crippen molar-refractivity contribution in [2.24, 2.45) is 0 Å². The molecule has 2 aromatic carbocycles. The van der Waals surface area contributed by atoms with Crippen LogP contribution in [0.15, 0.2) is 48.7 Å².